The number of aromatic nitrogens is 1. The number of anilines is 1. The molecular weight excluding hydrogens is 300 g/mol. The second kappa shape index (κ2) is 7.56. The van der Waals surface area contributed by atoms with Crippen LogP contribution >= 0.6 is 0 Å². The van der Waals surface area contributed by atoms with E-state index < -0.39 is 11.3 Å². The molecule has 0 aromatic carbocycles. The number of rotatable bonds is 6. The van der Waals surface area contributed by atoms with Crippen LogP contribution in [0.5, 0.6) is 0 Å². The van der Waals surface area contributed by atoms with Crippen molar-refractivity contribution in [2.75, 3.05) is 44.7 Å². The van der Waals surface area contributed by atoms with Gasteiger partial charge in [-0.3, -0.25) is 14.5 Å². The van der Waals surface area contributed by atoms with Gasteiger partial charge in [0.2, 0.25) is 11.8 Å². The largest absolute Gasteiger partial charge is 0.379 e. The maximum absolute atomic E-state index is 12.3. The third-order valence-electron chi connectivity index (χ3n) is 3.82. The maximum Gasteiger partial charge on any atom is 0.240 e. The first-order chi connectivity index (χ1) is 10.9. The van der Waals surface area contributed by atoms with Crippen molar-refractivity contribution in [3.8, 4) is 0 Å². The van der Waals surface area contributed by atoms with Gasteiger partial charge in [0.05, 0.1) is 13.2 Å². The van der Waals surface area contributed by atoms with Gasteiger partial charge in [0.15, 0.2) is 5.82 Å². The molecule has 23 heavy (non-hydrogen) atoms. The van der Waals surface area contributed by atoms with Crippen LogP contribution in [0.3, 0.4) is 0 Å². The van der Waals surface area contributed by atoms with Crippen LogP contribution in [0, 0.1) is 12.3 Å². The molecule has 1 saturated heterocycles. The van der Waals surface area contributed by atoms with Gasteiger partial charge in [0, 0.05) is 32.2 Å². The molecule has 8 nitrogen and oxygen atoms in total. The first-order valence-electron chi connectivity index (χ1n) is 7.73. The van der Waals surface area contributed by atoms with Gasteiger partial charge in [-0.1, -0.05) is 5.16 Å². The quantitative estimate of drug-likeness (QED) is 0.735. The monoisotopic (exact) mass is 324 g/mol. The highest BCUT2D eigenvalue weighted by Gasteiger charge is 2.36. The van der Waals surface area contributed by atoms with E-state index in [0.29, 0.717) is 18.1 Å². The Balaban J connectivity index is 1.79. The Labute approximate surface area is 135 Å². The minimum atomic E-state index is -1.20. The smallest absolute Gasteiger partial charge is 0.240 e. The molecule has 1 aliphatic rings. The molecule has 2 N–H and O–H groups in total. The summed E-state index contributed by atoms with van der Waals surface area (Å²) < 4.78 is 10.2. The Kier molecular flexibility index (Phi) is 5.73. The second-order valence-corrected chi connectivity index (χ2v) is 6.11. The summed E-state index contributed by atoms with van der Waals surface area (Å²) >= 11 is 0. The van der Waals surface area contributed by atoms with Gasteiger partial charge in [-0.05, 0) is 20.8 Å². The minimum absolute atomic E-state index is 0.307. The molecule has 2 amide bonds. The van der Waals surface area contributed by atoms with Crippen molar-refractivity contribution in [2.24, 2.45) is 5.41 Å². The van der Waals surface area contributed by atoms with Crippen molar-refractivity contribution in [1.82, 2.24) is 15.4 Å². The summed E-state index contributed by atoms with van der Waals surface area (Å²) in [6.07, 6.45) is 0. The maximum atomic E-state index is 12.3. The van der Waals surface area contributed by atoms with E-state index in [1.54, 1.807) is 26.8 Å². The summed E-state index contributed by atoms with van der Waals surface area (Å²) in [6, 6.07) is 1.60. The van der Waals surface area contributed by atoms with E-state index in [-0.39, 0.29) is 5.91 Å². The molecule has 1 aromatic heterocycles. The van der Waals surface area contributed by atoms with Crippen LogP contribution in [0.2, 0.25) is 0 Å². The molecule has 2 heterocycles. The van der Waals surface area contributed by atoms with Gasteiger partial charge in [-0.15, -0.1) is 0 Å². The van der Waals surface area contributed by atoms with Gasteiger partial charge in [0.25, 0.3) is 0 Å². The summed E-state index contributed by atoms with van der Waals surface area (Å²) in [4.78, 5) is 26.8. The van der Waals surface area contributed by atoms with E-state index in [4.69, 9.17) is 9.26 Å². The predicted octanol–water partition coefficient (Wildman–Crippen LogP) is 0.396. The zero-order valence-electron chi connectivity index (χ0n) is 13.8. The number of morpholine rings is 1. The van der Waals surface area contributed by atoms with E-state index in [0.717, 1.165) is 32.8 Å². The number of hydrogen-bond acceptors (Lipinski definition) is 6. The van der Waals surface area contributed by atoms with Gasteiger partial charge in [-0.2, -0.15) is 0 Å². The Bertz CT molecular complexity index is 549. The number of hydrogen-bond donors (Lipinski definition) is 2. The number of ether oxygens (including phenoxy) is 1. The molecule has 128 valence electrons. The van der Waals surface area contributed by atoms with Crippen molar-refractivity contribution >= 4 is 17.6 Å². The fourth-order valence-corrected chi connectivity index (χ4v) is 2.17. The lowest BCUT2D eigenvalue weighted by molar-refractivity contribution is -0.138. The molecule has 1 aliphatic heterocycles. The van der Waals surface area contributed by atoms with Gasteiger partial charge in [-0.25, -0.2) is 0 Å². The van der Waals surface area contributed by atoms with E-state index in [1.165, 1.54) is 0 Å². The molecule has 8 heteroatoms. The molecule has 2 rings (SSSR count). The van der Waals surface area contributed by atoms with E-state index in [1.807, 2.05) is 0 Å². The number of carbonyl (C=O) groups is 2. The van der Waals surface area contributed by atoms with E-state index >= 15 is 0 Å². The Morgan fingerprint density at radius 2 is 2.00 bits per heavy atom. The normalized spacial score (nSPS) is 16.1. The topological polar surface area (TPSA) is 96.7 Å². The number of carbonyl (C=O) groups excluding carboxylic acids is 2. The summed E-state index contributed by atoms with van der Waals surface area (Å²) in [5.74, 6) is 0.160. The zero-order chi connectivity index (χ0) is 16.9. The van der Waals surface area contributed by atoms with Crippen molar-refractivity contribution < 1.29 is 18.8 Å². The first kappa shape index (κ1) is 17.4. The predicted molar refractivity (Wildman–Crippen MR) is 83.9 cm³/mol. The van der Waals surface area contributed by atoms with Crippen LogP contribution in [0.25, 0.3) is 0 Å². The lowest BCUT2D eigenvalue weighted by atomic mass is 9.91. The summed E-state index contributed by atoms with van der Waals surface area (Å²) in [6.45, 7) is 9.31. The number of nitrogens with one attached hydrogen (secondary N) is 2. The molecule has 0 unspecified atom stereocenters. The molecule has 0 atom stereocenters. The fourth-order valence-electron chi connectivity index (χ4n) is 2.17. The van der Waals surface area contributed by atoms with Crippen molar-refractivity contribution in [1.29, 1.82) is 0 Å². The van der Waals surface area contributed by atoms with Crippen molar-refractivity contribution in [2.45, 2.75) is 20.8 Å². The summed E-state index contributed by atoms with van der Waals surface area (Å²) in [5, 5.41) is 9.10. The number of aryl methyl sites for hydroxylation is 1. The van der Waals surface area contributed by atoms with Crippen LogP contribution in [-0.4, -0.2) is 61.3 Å². The average Bonchev–Trinajstić information content (AvgIpc) is 2.93. The first-order valence-corrected chi connectivity index (χ1v) is 7.73. The molecule has 0 radical (unpaired) electrons. The Hall–Kier alpha value is -1.93. The SMILES string of the molecule is Cc1cc(NC(=O)C(C)(C)C(=O)NCCN2CCOCC2)no1. The third kappa shape index (κ3) is 4.77. The number of nitrogens with zero attached hydrogens (tertiary/aromatic N) is 2. The number of amides is 2. The lowest BCUT2D eigenvalue weighted by Gasteiger charge is -2.27. The van der Waals surface area contributed by atoms with Crippen LogP contribution in [0.1, 0.15) is 19.6 Å². The highest BCUT2D eigenvalue weighted by molar-refractivity contribution is 6.09. The van der Waals surface area contributed by atoms with E-state index in [9.17, 15) is 9.59 Å². The Morgan fingerprint density at radius 1 is 1.30 bits per heavy atom. The zero-order valence-corrected chi connectivity index (χ0v) is 13.8. The van der Waals surface area contributed by atoms with Gasteiger partial charge in [0.1, 0.15) is 11.2 Å². The third-order valence-corrected chi connectivity index (χ3v) is 3.82. The van der Waals surface area contributed by atoms with E-state index in [2.05, 4.69) is 20.7 Å². The molecule has 0 aliphatic carbocycles. The molecule has 1 aromatic rings. The van der Waals surface area contributed by atoms with Crippen LogP contribution < -0.4 is 10.6 Å². The molecular formula is C15H24N4O4. The molecule has 0 spiro atoms. The summed E-state index contributed by atoms with van der Waals surface area (Å²) in [7, 11) is 0. The van der Waals surface area contributed by atoms with Crippen molar-refractivity contribution in [3.63, 3.8) is 0 Å². The average molecular weight is 324 g/mol. The molecule has 1 fully saturated rings. The highest BCUT2D eigenvalue weighted by atomic mass is 16.5. The van der Waals surface area contributed by atoms with Crippen LogP contribution in [-0.2, 0) is 14.3 Å². The molecule has 0 bridgehead atoms. The highest BCUT2D eigenvalue weighted by Crippen LogP contribution is 2.19. The van der Waals surface area contributed by atoms with Crippen LogP contribution in [0.15, 0.2) is 10.6 Å². The lowest BCUT2D eigenvalue weighted by Crippen LogP contribution is -2.48. The van der Waals surface area contributed by atoms with Crippen LogP contribution in [0.4, 0.5) is 5.82 Å². The Morgan fingerprint density at radius 3 is 2.61 bits per heavy atom. The molecule has 0 saturated carbocycles. The summed E-state index contributed by atoms with van der Waals surface area (Å²) in [5.41, 5.74) is -1.20. The second-order valence-electron chi connectivity index (χ2n) is 6.11. The fraction of sp³-hybridized carbons (Fsp3) is 0.667. The van der Waals surface area contributed by atoms with Gasteiger partial charge < -0.3 is 19.9 Å². The minimum Gasteiger partial charge on any atom is -0.379 e. The standard InChI is InChI=1S/C15H24N4O4/c1-11-10-12(18-23-11)17-14(21)15(2,3)13(20)16-4-5-19-6-8-22-9-7-19/h10H,4-9H2,1-3H3,(H,16,20)(H,17,18,21). The van der Waals surface area contributed by atoms with Gasteiger partial charge >= 0.3 is 0 Å². The van der Waals surface area contributed by atoms with Crippen molar-refractivity contribution in [3.05, 3.63) is 11.8 Å².